The zero-order valence-corrected chi connectivity index (χ0v) is 14.6. The highest BCUT2D eigenvalue weighted by Crippen LogP contribution is 2.29. The highest BCUT2D eigenvalue weighted by Gasteiger charge is 2.10. The molecule has 124 valence electrons. The summed E-state index contributed by atoms with van der Waals surface area (Å²) >= 11 is 0. The lowest BCUT2D eigenvalue weighted by Gasteiger charge is -2.05. The van der Waals surface area contributed by atoms with E-state index >= 15 is 0 Å². The molecule has 2 heteroatoms. The summed E-state index contributed by atoms with van der Waals surface area (Å²) in [7, 11) is 0. The third-order valence-corrected chi connectivity index (χ3v) is 4.67. The summed E-state index contributed by atoms with van der Waals surface area (Å²) in [6.07, 6.45) is 3.92. The lowest BCUT2D eigenvalue weighted by atomic mass is 10.0. The Morgan fingerprint density at radius 3 is 2.35 bits per heavy atom. The summed E-state index contributed by atoms with van der Waals surface area (Å²) in [5.74, 6) is 0. The van der Waals surface area contributed by atoms with E-state index in [4.69, 9.17) is 0 Å². The average Bonchev–Trinajstić information content (AvgIpc) is 3.12. The molecule has 1 aromatic heterocycles. The first-order chi connectivity index (χ1) is 12.7. The van der Waals surface area contributed by atoms with Crippen LogP contribution in [-0.2, 0) is 0 Å². The van der Waals surface area contributed by atoms with Crippen molar-refractivity contribution in [1.82, 2.24) is 4.57 Å². The monoisotopic (exact) mass is 334 g/mol. The van der Waals surface area contributed by atoms with Gasteiger partial charge in [-0.25, -0.2) is 0 Å². The van der Waals surface area contributed by atoms with Gasteiger partial charge in [-0.05, 0) is 47.0 Å². The minimum Gasteiger partial charge on any atom is -0.322 e. The van der Waals surface area contributed by atoms with E-state index < -0.39 is 0 Å². The Kier molecular flexibility index (Phi) is 3.91. The molecule has 0 bridgehead atoms. The Bertz CT molecular complexity index is 1160. The van der Waals surface area contributed by atoms with Crippen molar-refractivity contribution in [3.8, 4) is 22.9 Å². The maximum atomic E-state index is 9.60. The summed E-state index contributed by atoms with van der Waals surface area (Å²) in [6.45, 7) is 5.97. The number of allylic oxidation sites excluding steroid dienone is 1. The van der Waals surface area contributed by atoms with Crippen LogP contribution in [-0.4, -0.2) is 4.57 Å². The maximum Gasteiger partial charge on any atom is 0.101 e. The number of nitrogens with zero attached hydrogens (tertiary/aromatic N) is 2. The van der Waals surface area contributed by atoms with Gasteiger partial charge in [0.2, 0.25) is 0 Å². The molecule has 0 atom stereocenters. The number of benzene rings is 3. The van der Waals surface area contributed by atoms with Crippen LogP contribution in [0.1, 0.15) is 18.1 Å². The number of aromatic nitrogens is 1. The van der Waals surface area contributed by atoms with Gasteiger partial charge in [-0.1, -0.05) is 60.7 Å². The van der Waals surface area contributed by atoms with Gasteiger partial charge in [0.15, 0.2) is 0 Å². The van der Waals surface area contributed by atoms with E-state index in [-0.39, 0.29) is 0 Å². The van der Waals surface area contributed by atoms with E-state index in [0.717, 1.165) is 28.0 Å². The molecule has 26 heavy (non-hydrogen) atoms. The Hall–Kier alpha value is -3.57. The minimum atomic E-state index is 0.671. The van der Waals surface area contributed by atoms with Crippen LogP contribution in [0.25, 0.3) is 33.2 Å². The summed E-state index contributed by atoms with van der Waals surface area (Å²) < 4.78 is 2.01. The number of hydrogen-bond acceptors (Lipinski definition) is 1. The smallest absolute Gasteiger partial charge is 0.101 e. The molecule has 0 radical (unpaired) electrons. The van der Waals surface area contributed by atoms with Gasteiger partial charge >= 0.3 is 0 Å². The number of nitriles is 1. The van der Waals surface area contributed by atoms with Crippen LogP contribution < -0.4 is 0 Å². The van der Waals surface area contributed by atoms with Gasteiger partial charge in [-0.15, -0.1) is 0 Å². The molecule has 0 N–H and O–H groups in total. The summed E-state index contributed by atoms with van der Waals surface area (Å²) in [6, 6.07) is 25.1. The van der Waals surface area contributed by atoms with Crippen molar-refractivity contribution in [3.63, 3.8) is 0 Å². The molecular formula is C24H18N2. The molecule has 0 unspecified atom stereocenters. The molecule has 1 heterocycles. The van der Waals surface area contributed by atoms with Crippen LogP contribution in [0.5, 0.6) is 0 Å². The fraction of sp³-hybridized carbons (Fsp3) is 0.0417. The van der Waals surface area contributed by atoms with Gasteiger partial charge < -0.3 is 4.57 Å². The van der Waals surface area contributed by atoms with E-state index in [2.05, 4.69) is 67.2 Å². The van der Waals surface area contributed by atoms with E-state index in [0.29, 0.717) is 5.56 Å². The predicted octanol–water partition coefficient (Wildman–Crippen LogP) is 6.20. The second-order valence-corrected chi connectivity index (χ2v) is 6.49. The van der Waals surface area contributed by atoms with Crippen LogP contribution in [0.15, 0.2) is 85.7 Å². The number of fused-ring (bicyclic) bond motifs is 1. The molecule has 2 nitrogen and oxygen atoms in total. The van der Waals surface area contributed by atoms with Gasteiger partial charge in [0.05, 0.1) is 5.56 Å². The van der Waals surface area contributed by atoms with Gasteiger partial charge in [0, 0.05) is 23.6 Å². The molecule has 4 rings (SSSR count). The first kappa shape index (κ1) is 15.9. The highest BCUT2D eigenvalue weighted by molar-refractivity contribution is 5.88. The fourth-order valence-corrected chi connectivity index (χ4v) is 3.20. The van der Waals surface area contributed by atoms with E-state index in [1.807, 2.05) is 36.0 Å². The van der Waals surface area contributed by atoms with Gasteiger partial charge in [0.25, 0.3) is 0 Å². The molecule has 0 aliphatic carbocycles. The molecular weight excluding hydrogens is 316 g/mol. The molecule has 0 aliphatic heterocycles. The van der Waals surface area contributed by atoms with Crippen molar-refractivity contribution in [2.24, 2.45) is 0 Å². The first-order valence-electron chi connectivity index (χ1n) is 8.53. The Morgan fingerprint density at radius 2 is 1.65 bits per heavy atom. The SMILES string of the molecule is C=C(C)c1ccc(-n2cc(C#N)c(-c3ccc4ccccc4c3)c2)cc1. The topological polar surface area (TPSA) is 28.7 Å². The summed E-state index contributed by atoms with van der Waals surface area (Å²) in [4.78, 5) is 0. The standard InChI is InChI=1S/C24H18N2/c1-17(2)18-9-11-23(12-10-18)26-15-22(14-25)24(16-26)21-8-7-19-5-3-4-6-20(19)13-21/h3-13,15-16H,1H2,2H3. The molecule has 4 aromatic rings. The van der Waals surface area contributed by atoms with Crippen LogP contribution in [0.4, 0.5) is 0 Å². The Labute approximate surface area is 153 Å². The van der Waals surface area contributed by atoms with E-state index in [1.54, 1.807) is 0 Å². The lowest BCUT2D eigenvalue weighted by molar-refractivity contribution is 1.08. The van der Waals surface area contributed by atoms with Gasteiger partial charge in [-0.2, -0.15) is 5.26 Å². The second-order valence-electron chi connectivity index (χ2n) is 6.49. The molecule has 0 saturated heterocycles. The molecule has 0 amide bonds. The summed E-state index contributed by atoms with van der Waals surface area (Å²) in [5, 5.41) is 12.0. The van der Waals surface area contributed by atoms with E-state index in [1.165, 1.54) is 10.8 Å². The van der Waals surface area contributed by atoms with Crippen molar-refractivity contribution in [1.29, 1.82) is 5.26 Å². The zero-order chi connectivity index (χ0) is 18.1. The maximum absolute atomic E-state index is 9.60. The minimum absolute atomic E-state index is 0.671. The Morgan fingerprint density at radius 1 is 0.923 bits per heavy atom. The number of rotatable bonds is 3. The molecule has 0 saturated carbocycles. The Balaban J connectivity index is 1.79. The largest absolute Gasteiger partial charge is 0.322 e. The summed E-state index contributed by atoms with van der Waals surface area (Å²) in [5.41, 5.74) is 5.86. The third-order valence-electron chi connectivity index (χ3n) is 4.67. The lowest BCUT2D eigenvalue weighted by Crippen LogP contribution is -1.90. The average molecular weight is 334 g/mol. The van der Waals surface area contributed by atoms with Crippen molar-refractivity contribution in [3.05, 3.63) is 96.8 Å². The zero-order valence-electron chi connectivity index (χ0n) is 14.6. The highest BCUT2D eigenvalue weighted by atomic mass is 14.9. The normalized spacial score (nSPS) is 10.6. The molecule has 3 aromatic carbocycles. The third kappa shape index (κ3) is 2.81. The molecule has 0 aliphatic rings. The fourth-order valence-electron chi connectivity index (χ4n) is 3.20. The van der Waals surface area contributed by atoms with Crippen molar-refractivity contribution in [2.45, 2.75) is 6.92 Å². The van der Waals surface area contributed by atoms with Crippen LogP contribution in [0.3, 0.4) is 0 Å². The predicted molar refractivity (Wildman–Crippen MR) is 108 cm³/mol. The van der Waals surface area contributed by atoms with Crippen molar-refractivity contribution in [2.75, 3.05) is 0 Å². The van der Waals surface area contributed by atoms with Gasteiger partial charge in [0.1, 0.15) is 6.07 Å². The quantitative estimate of drug-likeness (QED) is 0.438. The number of hydrogen-bond donors (Lipinski definition) is 0. The molecule has 0 fully saturated rings. The van der Waals surface area contributed by atoms with Crippen LogP contribution in [0.2, 0.25) is 0 Å². The second kappa shape index (κ2) is 6.38. The molecule has 0 spiro atoms. The van der Waals surface area contributed by atoms with Gasteiger partial charge in [-0.3, -0.25) is 0 Å². The van der Waals surface area contributed by atoms with Crippen molar-refractivity contribution < 1.29 is 0 Å². The van der Waals surface area contributed by atoms with E-state index in [9.17, 15) is 5.26 Å². The van der Waals surface area contributed by atoms with Crippen molar-refractivity contribution >= 4 is 16.3 Å². The van der Waals surface area contributed by atoms with Crippen LogP contribution in [0, 0.1) is 11.3 Å². The van der Waals surface area contributed by atoms with Crippen LogP contribution >= 0.6 is 0 Å². The first-order valence-corrected chi connectivity index (χ1v) is 8.53.